The van der Waals surface area contributed by atoms with E-state index in [2.05, 4.69) is 58.7 Å². The van der Waals surface area contributed by atoms with Crippen LogP contribution in [0.2, 0.25) is 10.0 Å². The number of hydrogen-bond donors (Lipinski definition) is 1. The first-order chi connectivity index (χ1) is 12.1. The van der Waals surface area contributed by atoms with E-state index in [1.807, 2.05) is 0 Å². The molecule has 2 rings (SSSR count). The van der Waals surface area contributed by atoms with Crippen molar-refractivity contribution in [1.29, 1.82) is 0 Å². The number of aliphatic imine (C=N–C) groups is 1. The Morgan fingerprint density at radius 2 is 1.35 bits per heavy atom. The Morgan fingerprint density at radius 3 is 1.88 bits per heavy atom. The lowest BCUT2D eigenvalue weighted by Crippen LogP contribution is -2.02. The summed E-state index contributed by atoms with van der Waals surface area (Å²) >= 11 is 12.1. The molecule has 0 aromatic heterocycles. The van der Waals surface area contributed by atoms with E-state index in [1.165, 1.54) is 22.8 Å². The lowest BCUT2D eigenvalue weighted by molar-refractivity contribution is 0.475. The Morgan fingerprint density at radius 1 is 0.808 bits per heavy atom. The van der Waals surface area contributed by atoms with Crippen molar-refractivity contribution in [2.45, 2.75) is 59.3 Å². The average molecular weight is 392 g/mol. The van der Waals surface area contributed by atoms with Gasteiger partial charge in [0.15, 0.2) is 0 Å². The molecule has 0 bridgehead atoms. The molecule has 2 nitrogen and oxygen atoms in total. The summed E-state index contributed by atoms with van der Waals surface area (Å²) in [5.41, 5.74) is 5.31. The van der Waals surface area contributed by atoms with Crippen LogP contribution < -0.4 is 0 Å². The molecule has 0 aliphatic carbocycles. The molecule has 0 aliphatic heterocycles. The second-order valence-corrected chi connectivity index (χ2v) is 8.43. The third-order valence-electron chi connectivity index (χ3n) is 4.50. The van der Waals surface area contributed by atoms with E-state index < -0.39 is 0 Å². The van der Waals surface area contributed by atoms with Crippen molar-refractivity contribution in [1.82, 2.24) is 0 Å². The number of halogens is 2. The highest BCUT2D eigenvalue weighted by Crippen LogP contribution is 2.37. The molecule has 0 fully saturated rings. The monoisotopic (exact) mass is 391 g/mol. The molecule has 140 valence electrons. The number of phenols is 1. The second kappa shape index (κ2) is 8.45. The summed E-state index contributed by atoms with van der Waals surface area (Å²) < 4.78 is 0. The Kier molecular flexibility index (Phi) is 6.76. The van der Waals surface area contributed by atoms with Crippen LogP contribution in [-0.2, 0) is 0 Å². The van der Waals surface area contributed by atoms with Crippen LogP contribution in [0.15, 0.2) is 29.3 Å². The molecule has 26 heavy (non-hydrogen) atoms. The molecular formula is C22H27Cl2NO. The number of phenolic OH excluding ortho intramolecular Hbond substituents is 1. The summed E-state index contributed by atoms with van der Waals surface area (Å²) in [6, 6.07) is 7.63. The van der Waals surface area contributed by atoms with Gasteiger partial charge in [-0.25, -0.2) is 0 Å². The smallest absolute Gasteiger partial charge is 0.143 e. The van der Waals surface area contributed by atoms with Crippen LogP contribution in [0, 0.1) is 0 Å². The zero-order chi connectivity index (χ0) is 19.6. The van der Waals surface area contributed by atoms with Gasteiger partial charge in [0.1, 0.15) is 5.75 Å². The third-order valence-corrected chi connectivity index (χ3v) is 5.01. The first-order valence-electron chi connectivity index (χ1n) is 9.01. The van der Waals surface area contributed by atoms with Crippen LogP contribution in [-0.4, -0.2) is 11.3 Å². The molecule has 2 aromatic carbocycles. The van der Waals surface area contributed by atoms with Crippen molar-refractivity contribution in [3.05, 3.63) is 56.6 Å². The van der Waals surface area contributed by atoms with Crippen LogP contribution in [0.4, 0.5) is 5.69 Å². The van der Waals surface area contributed by atoms with Crippen molar-refractivity contribution < 1.29 is 5.11 Å². The predicted molar refractivity (Wildman–Crippen MR) is 114 cm³/mol. The molecule has 0 radical (unpaired) electrons. The highest BCUT2D eigenvalue weighted by molar-refractivity contribution is 6.36. The summed E-state index contributed by atoms with van der Waals surface area (Å²) in [6.45, 7) is 13.2. The van der Waals surface area contributed by atoms with Crippen LogP contribution in [0.1, 0.15) is 81.5 Å². The minimum Gasteiger partial charge on any atom is -0.506 e. The quantitative estimate of drug-likeness (QED) is 0.517. The minimum atomic E-state index is -0.00574. The van der Waals surface area contributed by atoms with Crippen LogP contribution in [0.5, 0.6) is 5.75 Å². The van der Waals surface area contributed by atoms with Gasteiger partial charge in [0.2, 0.25) is 0 Å². The molecule has 2 aromatic rings. The van der Waals surface area contributed by atoms with Crippen molar-refractivity contribution in [3.8, 4) is 5.75 Å². The molecular weight excluding hydrogens is 365 g/mol. The fraction of sp³-hybridized carbons (Fsp3) is 0.409. The zero-order valence-corrected chi connectivity index (χ0v) is 17.8. The SMILES string of the molecule is CC(C)c1cc(C(C)C)c(C(C)C)cc1N=Cc1cc(Cl)cc(Cl)c1O. The summed E-state index contributed by atoms with van der Waals surface area (Å²) in [5, 5.41) is 10.8. The highest BCUT2D eigenvalue weighted by Gasteiger charge is 2.16. The fourth-order valence-electron chi connectivity index (χ4n) is 3.04. The fourth-order valence-corrected chi connectivity index (χ4v) is 3.55. The molecule has 0 saturated carbocycles. The summed E-state index contributed by atoms with van der Waals surface area (Å²) in [7, 11) is 0. The maximum Gasteiger partial charge on any atom is 0.143 e. The lowest BCUT2D eigenvalue weighted by Gasteiger charge is -2.21. The van der Waals surface area contributed by atoms with Gasteiger partial charge in [-0.1, -0.05) is 70.8 Å². The van der Waals surface area contributed by atoms with E-state index in [4.69, 9.17) is 23.2 Å². The van der Waals surface area contributed by atoms with Gasteiger partial charge in [-0.2, -0.15) is 0 Å². The van der Waals surface area contributed by atoms with E-state index >= 15 is 0 Å². The van der Waals surface area contributed by atoms with Gasteiger partial charge in [0.05, 0.1) is 10.7 Å². The molecule has 0 heterocycles. The molecule has 0 unspecified atom stereocenters. The van der Waals surface area contributed by atoms with E-state index in [9.17, 15) is 5.11 Å². The molecule has 0 spiro atoms. The lowest BCUT2D eigenvalue weighted by atomic mass is 9.86. The van der Waals surface area contributed by atoms with Crippen molar-refractivity contribution in [3.63, 3.8) is 0 Å². The maximum absolute atomic E-state index is 10.2. The van der Waals surface area contributed by atoms with E-state index in [0.29, 0.717) is 28.3 Å². The highest BCUT2D eigenvalue weighted by atomic mass is 35.5. The van der Waals surface area contributed by atoms with Crippen molar-refractivity contribution in [2.24, 2.45) is 4.99 Å². The number of nitrogens with zero attached hydrogens (tertiary/aromatic N) is 1. The van der Waals surface area contributed by atoms with Crippen LogP contribution in [0.25, 0.3) is 0 Å². The summed E-state index contributed by atoms with van der Waals surface area (Å²) in [4.78, 5) is 4.68. The van der Waals surface area contributed by atoms with Gasteiger partial charge < -0.3 is 5.11 Å². The number of rotatable bonds is 5. The van der Waals surface area contributed by atoms with Crippen LogP contribution >= 0.6 is 23.2 Å². The predicted octanol–water partition coefficient (Wildman–Crippen LogP) is 7.82. The normalized spacial score (nSPS) is 12.1. The first-order valence-corrected chi connectivity index (χ1v) is 9.77. The maximum atomic E-state index is 10.2. The molecule has 0 atom stereocenters. The van der Waals surface area contributed by atoms with Gasteiger partial charge in [0, 0.05) is 16.8 Å². The Balaban J connectivity index is 2.60. The van der Waals surface area contributed by atoms with Gasteiger partial charge in [-0.05, 0) is 52.6 Å². The zero-order valence-electron chi connectivity index (χ0n) is 16.3. The molecule has 0 amide bonds. The van der Waals surface area contributed by atoms with E-state index in [1.54, 1.807) is 12.3 Å². The molecule has 1 N–H and O–H groups in total. The largest absolute Gasteiger partial charge is 0.506 e. The van der Waals surface area contributed by atoms with Crippen molar-refractivity contribution >= 4 is 35.1 Å². The van der Waals surface area contributed by atoms with Crippen molar-refractivity contribution in [2.75, 3.05) is 0 Å². The van der Waals surface area contributed by atoms with Gasteiger partial charge in [-0.3, -0.25) is 4.99 Å². The second-order valence-electron chi connectivity index (χ2n) is 7.59. The first kappa shape index (κ1) is 20.8. The topological polar surface area (TPSA) is 32.6 Å². The third kappa shape index (κ3) is 4.61. The molecule has 0 saturated heterocycles. The Hall–Kier alpha value is -1.51. The Bertz CT molecular complexity index is 823. The standard InChI is InChI=1S/C22H27Cl2NO/c1-12(2)17-9-19(14(5)6)21(10-18(17)13(3)4)25-11-15-7-16(23)8-20(24)22(15)26/h7-14,26H,1-6H3. The number of hydrogen-bond acceptors (Lipinski definition) is 2. The number of benzene rings is 2. The van der Waals surface area contributed by atoms with E-state index in [-0.39, 0.29) is 10.8 Å². The van der Waals surface area contributed by atoms with Crippen LogP contribution in [0.3, 0.4) is 0 Å². The van der Waals surface area contributed by atoms with Gasteiger partial charge >= 0.3 is 0 Å². The average Bonchev–Trinajstić information content (AvgIpc) is 2.55. The van der Waals surface area contributed by atoms with E-state index in [0.717, 1.165) is 5.69 Å². The molecule has 4 heteroatoms. The number of aromatic hydroxyl groups is 1. The summed E-state index contributed by atoms with van der Waals surface area (Å²) in [6.07, 6.45) is 1.63. The Labute approximate surface area is 166 Å². The van der Waals surface area contributed by atoms with Gasteiger partial charge in [0.25, 0.3) is 0 Å². The van der Waals surface area contributed by atoms with Gasteiger partial charge in [-0.15, -0.1) is 0 Å². The summed E-state index contributed by atoms with van der Waals surface area (Å²) in [5.74, 6) is 1.21. The molecule has 0 aliphatic rings. The minimum absolute atomic E-state index is 0.00574.